The van der Waals surface area contributed by atoms with E-state index in [0.29, 0.717) is 17.7 Å². The summed E-state index contributed by atoms with van der Waals surface area (Å²) in [5.74, 6) is 2.67. The first-order valence-corrected chi connectivity index (χ1v) is 12.2. The topological polar surface area (TPSA) is 89.1 Å². The van der Waals surface area contributed by atoms with E-state index in [-0.39, 0.29) is 28.7 Å². The molecule has 1 N–H and O–H groups in total. The molecule has 8 heteroatoms. The van der Waals surface area contributed by atoms with E-state index in [1.165, 1.54) is 31.4 Å². The number of nitrogens with zero attached hydrogens (tertiary/aromatic N) is 5. The van der Waals surface area contributed by atoms with Crippen LogP contribution in [0.2, 0.25) is 0 Å². The van der Waals surface area contributed by atoms with Crippen LogP contribution in [0.25, 0.3) is 0 Å². The zero-order valence-electron chi connectivity index (χ0n) is 19.4. The largest absolute Gasteiger partial charge is 0.341 e. The molecule has 4 aliphatic rings. The van der Waals surface area contributed by atoms with E-state index < -0.39 is 0 Å². The summed E-state index contributed by atoms with van der Waals surface area (Å²) in [6, 6.07) is 2.05. The van der Waals surface area contributed by atoms with Crippen LogP contribution in [0.15, 0.2) is 16.8 Å². The number of carbonyl (C=O) groups excluding carboxylic acids is 1. The van der Waals surface area contributed by atoms with Gasteiger partial charge in [-0.1, -0.05) is 31.8 Å². The average molecular weight is 439 g/mol. The van der Waals surface area contributed by atoms with Gasteiger partial charge in [-0.2, -0.15) is 10.1 Å². The molecule has 2 unspecified atom stereocenters. The van der Waals surface area contributed by atoms with Gasteiger partial charge in [0.15, 0.2) is 5.82 Å². The monoisotopic (exact) mass is 438 g/mol. The lowest BCUT2D eigenvalue weighted by molar-refractivity contribution is -0.145. The second-order valence-corrected chi connectivity index (χ2v) is 11.4. The van der Waals surface area contributed by atoms with Gasteiger partial charge >= 0.3 is 0 Å². The molecule has 0 aromatic carbocycles. The molecule has 1 spiro atoms. The molecule has 8 nitrogen and oxygen atoms in total. The Balaban J connectivity index is 1.14. The van der Waals surface area contributed by atoms with Crippen LogP contribution in [-0.4, -0.2) is 56.9 Å². The maximum atomic E-state index is 12.8. The maximum Gasteiger partial charge on any atom is 0.251 e. The summed E-state index contributed by atoms with van der Waals surface area (Å²) >= 11 is 0. The summed E-state index contributed by atoms with van der Waals surface area (Å²) in [6.07, 6.45) is 8.14. The minimum atomic E-state index is -0.0896. The molecule has 2 saturated carbocycles. The second kappa shape index (κ2) is 7.14. The fraction of sp³-hybridized carbons (Fsp3) is 0.750. The van der Waals surface area contributed by atoms with Gasteiger partial charge in [-0.3, -0.25) is 9.48 Å². The highest BCUT2D eigenvalue weighted by Gasteiger charge is 2.59. The Labute approximate surface area is 189 Å². The Kier molecular flexibility index (Phi) is 4.55. The van der Waals surface area contributed by atoms with Gasteiger partial charge in [-0.25, -0.2) is 0 Å². The van der Waals surface area contributed by atoms with Gasteiger partial charge in [0.2, 0.25) is 5.91 Å². The Morgan fingerprint density at radius 2 is 2.03 bits per heavy atom. The fourth-order valence-corrected chi connectivity index (χ4v) is 6.16. The zero-order valence-corrected chi connectivity index (χ0v) is 19.4. The molecular formula is C24H34N6O2. The van der Waals surface area contributed by atoms with Crippen LogP contribution in [0.4, 0.5) is 0 Å². The molecular weight excluding hydrogens is 404 g/mol. The third-order valence-electron chi connectivity index (χ3n) is 8.63. The molecule has 0 bridgehead atoms. The van der Waals surface area contributed by atoms with Crippen molar-refractivity contribution in [1.29, 1.82) is 0 Å². The Bertz CT molecular complexity index is 1010. The first kappa shape index (κ1) is 20.4. The van der Waals surface area contributed by atoms with Crippen molar-refractivity contribution in [2.45, 2.75) is 70.8 Å². The minimum absolute atomic E-state index is 0.0282. The van der Waals surface area contributed by atoms with Gasteiger partial charge in [0.1, 0.15) is 6.04 Å². The lowest BCUT2D eigenvalue weighted by Gasteiger charge is -2.50. The van der Waals surface area contributed by atoms with Gasteiger partial charge in [0, 0.05) is 55.5 Å². The third kappa shape index (κ3) is 3.21. The van der Waals surface area contributed by atoms with E-state index in [9.17, 15) is 4.79 Å². The lowest BCUT2D eigenvalue weighted by atomic mass is 9.71. The van der Waals surface area contributed by atoms with Crippen LogP contribution in [-0.2, 0) is 4.79 Å². The van der Waals surface area contributed by atoms with Crippen molar-refractivity contribution in [3.05, 3.63) is 29.7 Å². The first-order chi connectivity index (χ1) is 15.4. The fourth-order valence-electron chi connectivity index (χ4n) is 6.16. The standard InChI is InChI=1S/C24H34N6O2/c1-15(30-9-8-19(27-30)16-6-4-5-7-16)21-26-20(28-32-21)18-11-25-12-24(18)13-29(14-24)22(31)17-10-23(17,2)3/h8-9,15-18,25H,4-7,10-14H2,1-3H3/t15?,17-,18?/m1/s1. The van der Waals surface area contributed by atoms with Crippen molar-refractivity contribution < 1.29 is 9.32 Å². The molecule has 3 atom stereocenters. The van der Waals surface area contributed by atoms with Gasteiger partial charge in [0.05, 0.1) is 5.69 Å². The molecule has 4 heterocycles. The number of nitrogens with one attached hydrogen (secondary N) is 1. The average Bonchev–Trinajstić information content (AvgIpc) is 3.39. The van der Waals surface area contributed by atoms with Crippen molar-refractivity contribution in [1.82, 2.24) is 30.1 Å². The Morgan fingerprint density at radius 1 is 1.28 bits per heavy atom. The predicted molar refractivity (Wildman–Crippen MR) is 118 cm³/mol. The second-order valence-electron chi connectivity index (χ2n) is 11.4. The molecule has 2 aliphatic carbocycles. The normalized spacial score (nSPS) is 29.4. The molecule has 6 rings (SSSR count). The highest BCUT2D eigenvalue weighted by atomic mass is 16.5. The van der Waals surface area contributed by atoms with Crippen molar-refractivity contribution in [3.63, 3.8) is 0 Å². The number of likely N-dealkylation sites (tertiary alicyclic amines) is 1. The van der Waals surface area contributed by atoms with Crippen LogP contribution in [0.3, 0.4) is 0 Å². The Hall–Kier alpha value is -2.22. The highest BCUT2D eigenvalue weighted by molar-refractivity contribution is 5.83. The SMILES string of the molecule is CC(c1nc(C2CNCC23CN(C(=O)[C@H]2CC2(C)C)C3)no1)n1ccc(C2CCCC2)n1. The first-order valence-electron chi connectivity index (χ1n) is 12.2. The predicted octanol–water partition coefficient (Wildman–Crippen LogP) is 3.09. The number of rotatable bonds is 5. The summed E-state index contributed by atoms with van der Waals surface area (Å²) in [4.78, 5) is 19.6. The molecule has 2 saturated heterocycles. The summed E-state index contributed by atoms with van der Waals surface area (Å²) in [5, 5.41) is 12.7. The van der Waals surface area contributed by atoms with Crippen LogP contribution in [0, 0.1) is 16.7 Å². The van der Waals surface area contributed by atoms with E-state index >= 15 is 0 Å². The van der Waals surface area contributed by atoms with Gasteiger partial charge < -0.3 is 14.7 Å². The smallest absolute Gasteiger partial charge is 0.251 e. The third-order valence-corrected chi connectivity index (χ3v) is 8.63. The number of carbonyl (C=O) groups is 1. The number of hydrogen-bond acceptors (Lipinski definition) is 6. The molecule has 2 aromatic heterocycles. The molecule has 2 aliphatic heterocycles. The van der Waals surface area contributed by atoms with E-state index in [0.717, 1.165) is 38.4 Å². The highest BCUT2D eigenvalue weighted by Crippen LogP contribution is 2.54. The van der Waals surface area contributed by atoms with Crippen LogP contribution in [0.5, 0.6) is 0 Å². The molecule has 0 radical (unpaired) electrons. The number of aromatic nitrogens is 4. The summed E-state index contributed by atoms with van der Waals surface area (Å²) in [7, 11) is 0. The lowest BCUT2D eigenvalue weighted by Crippen LogP contribution is -2.62. The number of amides is 1. The summed E-state index contributed by atoms with van der Waals surface area (Å²) < 4.78 is 7.66. The van der Waals surface area contributed by atoms with Crippen molar-refractivity contribution in [3.8, 4) is 0 Å². The molecule has 32 heavy (non-hydrogen) atoms. The van der Waals surface area contributed by atoms with Crippen molar-refractivity contribution in [2.24, 2.45) is 16.7 Å². The van der Waals surface area contributed by atoms with Crippen molar-refractivity contribution in [2.75, 3.05) is 26.2 Å². The van der Waals surface area contributed by atoms with Crippen LogP contribution >= 0.6 is 0 Å². The molecule has 172 valence electrons. The van der Waals surface area contributed by atoms with E-state index in [1.54, 1.807) is 0 Å². The van der Waals surface area contributed by atoms with E-state index in [2.05, 4.69) is 37.3 Å². The minimum Gasteiger partial charge on any atom is -0.341 e. The summed E-state index contributed by atoms with van der Waals surface area (Å²) in [5.41, 5.74) is 1.39. The van der Waals surface area contributed by atoms with Crippen LogP contribution < -0.4 is 5.32 Å². The van der Waals surface area contributed by atoms with Gasteiger partial charge in [-0.05, 0) is 37.7 Å². The molecule has 2 aromatic rings. The van der Waals surface area contributed by atoms with E-state index in [1.807, 2.05) is 15.8 Å². The zero-order chi connectivity index (χ0) is 22.1. The number of hydrogen-bond donors (Lipinski definition) is 1. The van der Waals surface area contributed by atoms with E-state index in [4.69, 9.17) is 14.6 Å². The van der Waals surface area contributed by atoms with Gasteiger partial charge in [-0.15, -0.1) is 0 Å². The summed E-state index contributed by atoms with van der Waals surface area (Å²) in [6.45, 7) is 9.74. The molecule has 4 fully saturated rings. The van der Waals surface area contributed by atoms with Gasteiger partial charge in [0.25, 0.3) is 5.89 Å². The van der Waals surface area contributed by atoms with Crippen molar-refractivity contribution >= 4 is 5.91 Å². The molecule has 1 amide bonds. The quantitative estimate of drug-likeness (QED) is 0.772. The maximum absolute atomic E-state index is 12.8. The van der Waals surface area contributed by atoms with Crippen LogP contribution in [0.1, 0.15) is 88.2 Å². The Morgan fingerprint density at radius 3 is 2.75 bits per heavy atom.